The predicted octanol–water partition coefficient (Wildman–Crippen LogP) is 4.18. The number of aryl methyl sites for hydroxylation is 1. The summed E-state index contributed by atoms with van der Waals surface area (Å²) in [6, 6.07) is 18.0. The largest absolute Gasteiger partial charge is 0.481 e. The summed E-state index contributed by atoms with van der Waals surface area (Å²) in [6.07, 6.45) is 1.64. The normalized spacial score (nSPS) is 11.5. The molecule has 1 aromatic heterocycles. The molecule has 1 atom stereocenters. The van der Waals surface area contributed by atoms with E-state index in [1.54, 1.807) is 49.6 Å². The van der Waals surface area contributed by atoms with Gasteiger partial charge in [0, 0.05) is 0 Å². The Labute approximate surface area is 169 Å². The second-order valence-corrected chi connectivity index (χ2v) is 6.52. The summed E-state index contributed by atoms with van der Waals surface area (Å²) in [5.74, 6) is 0.697. The highest BCUT2D eigenvalue weighted by Gasteiger charge is 2.19. The molecule has 6 nitrogen and oxygen atoms in total. The Morgan fingerprint density at radius 1 is 1.03 bits per heavy atom. The Hall–Kier alpha value is -3.54. The molecule has 2 N–H and O–H groups in total. The number of rotatable bonds is 8. The predicted molar refractivity (Wildman–Crippen MR) is 111 cm³/mol. The maximum absolute atomic E-state index is 12.7. The first-order valence-electron chi connectivity index (χ1n) is 9.53. The van der Waals surface area contributed by atoms with Crippen LogP contribution in [0.4, 0.5) is 5.69 Å². The molecule has 3 rings (SSSR count). The van der Waals surface area contributed by atoms with Gasteiger partial charge in [-0.1, -0.05) is 37.3 Å². The van der Waals surface area contributed by atoms with Crippen LogP contribution in [0.5, 0.6) is 5.75 Å². The van der Waals surface area contributed by atoms with Crippen molar-refractivity contribution in [3.8, 4) is 5.75 Å². The van der Waals surface area contributed by atoms with E-state index < -0.39 is 6.10 Å². The topological polar surface area (TPSA) is 80.6 Å². The molecule has 6 heteroatoms. The zero-order chi connectivity index (χ0) is 20.6. The lowest BCUT2D eigenvalue weighted by molar-refractivity contribution is -0.122. The van der Waals surface area contributed by atoms with Gasteiger partial charge in [0.2, 0.25) is 0 Å². The molecule has 2 amide bonds. The van der Waals surface area contributed by atoms with E-state index in [1.165, 1.54) is 0 Å². The highest BCUT2D eigenvalue weighted by molar-refractivity contribution is 6.04. The van der Waals surface area contributed by atoms with E-state index in [0.29, 0.717) is 22.8 Å². The highest BCUT2D eigenvalue weighted by Crippen LogP contribution is 2.21. The van der Waals surface area contributed by atoms with Crippen LogP contribution in [-0.4, -0.2) is 17.9 Å². The van der Waals surface area contributed by atoms with Gasteiger partial charge >= 0.3 is 0 Å². The number of hydrogen-bond acceptors (Lipinski definition) is 4. The van der Waals surface area contributed by atoms with Crippen molar-refractivity contribution >= 4 is 17.5 Å². The maximum Gasteiger partial charge on any atom is 0.265 e. The fourth-order valence-electron chi connectivity index (χ4n) is 2.86. The number of carbonyl (C=O) groups excluding carboxylic acids is 2. The minimum atomic E-state index is -0.720. The molecule has 0 fully saturated rings. The van der Waals surface area contributed by atoms with E-state index in [-0.39, 0.29) is 18.4 Å². The minimum absolute atomic E-state index is 0.265. The molecule has 0 saturated heterocycles. The molecule has 0 aliphatic carbocycles. The molecule has 0 aliphatic heterocycles. The van der Waals surface area contributed by atoms with E-state index in [0.717, 1.165) is 12.0 Å². The van der Waals surface area contributed by atoms with Gasteiger partial charge < -0.3 is 19.8 Å². The first-order chi connectivity index (χ1) is 14.1. The van der Waals surface area contributed by atoms with Gasteiger partial charge in [0.25, 0.3) is 11.8 Å². The fourth-order valence-corrected chi connectivity index (χ4v) is 2.86. The summed E-state index contributed by atoms with van der Waals surface area (Å²) in [5.41, 5.74) is 1.83. The number of furan rings is 1. The van der Waals surface area contributed by atoms with E-state index in [4.69, 9.17) is 9.15 Å². The Morgan fingerprint density at radius 2 is 1.79 bits per heavy atom. The highest BCUT2D eigenvalue weighted by atomic mass is 16.5. The maximum atomic E-state index is 12.7. The molecule has 1 unspecified atom stereocenters. The van der Waals surface area contributed by atoms with Crippen LogP contribution in [0, 0.1) is 0 Å². The van der Waals surface area contributed by atoms with Crippen LogP contribution in [0.3, 0.4) is 0 Å². The van der Waals surface area contributed by atoms with Gasteiger partial charge in [-0.3, -0.25) is 9.59 Å². The minimum Gasteiger partial charge on any atom is -0.481 e. The number of hydrogen-bond donors (Lipinski definition) is 2. The molecule has 0 radical (unpaired) electrons. The van der Waals surface area contributed by atoms with Crippen molar-refractivity contribution in [1.29, 1.82) is 0 Å². The Morgan fingerprint density at radius 3 is 2.55 bits per heavy atom. The van der Waals surface area contributed by atoms with Gasteiger partial charge in [0.1, 0.15) is 11.5 Å². The molecule has 29 heavy (non-hydrogen) atoms. The van der Waals surface area contributed by atoms with Gasteiger partial charge in [-0.25, -0.2) is 0 Å². The monoisotopic (exact) mass is 392 g/mol. The molecule has 1 heterocycles. The molecule has 0 aliphatic rings. The van der Waals surface area contributed by atoms with Gasteiger partial charge in [-0.05, 0) is 49.2 Å². The van der Waals surface area contributed by atoms with Gasteiger partial charge in [0.05, 0.1) is 24.1 Å². The standard InChI is InChI=1S/C23H24N2O4/c1-3-17-9-4-7-13-21(17)29-16(2)22(26)25-20-12-6-5-11-19(20)23(27)24-15-18-10-8-14-28-18/h4-14,16H,3,15H2,1-2H3,(H,24,27)(H,25,26). The van der Waals surface area contributed by atoms with E-state index in [2.05, 4.69) is 10.6 Å². The molecule has 0 bridgehead atoms. The number of carbonyl (C=O) groups is 2. The number of nitrogens with one attached hydrogen (secondary N) is 2. The van der Waals surface area contributed by atoms with Crippen LogP contribution >= 0.6 is 0 Å². The van der Waals surface area contributed by atoms with Crippen molar-refractivity contribution < 1.29 is 18.7 Å². The number of para-hydroxylation sites is 2. The lowest BCUT2D eigenvalue weighted by Crippen LogP contribution is -2.32. The molecule has 2 aromatic carbocycles. The van der Waals surface area contributed by atoms with Crippen LogP contribution in [0.1, 0.15) is 35.5 Å². The number of anilines is 1. The van der Waals surface area contributed by atoms with Crippen molar-refractivity contribution in [3.05, 3.63) is 83.8 Å². The van der Waals surface area contributed by atoms with Crippen LogP contribution in [-0.2, 0) is 17.8 Å². The fraction of sp³-hybridized carbons (Fsp3) is 0.217. The molecular weight excluding hydrogens is 368 g/mol. The van der Waals surface area contributed by atoms with E-state index in [1.807, 2.05) is 31.2 Å². The van der Waals surface area contributed by atoms with Gasteiger partial charge in [0.15, 0.2) is 6.10 Å². The van der Waals surface area contributed by atoms with Crippen LogP contribution < -0.4 is 15.4 Å². The van der Waals surface area contributed by atoms with Crippen LogP contribution in [0.15, 0.2) is 71.3 Å². The SMILES string of the molecule is CCc1ccccc1OC(C)C(=O)Nc1ccccc1C(=O)NCc1ccco1. The van der Waals surface area contributed by atoms with Crippen molar-refractivity contribution in [2.45, 2.75) is 32.9 Å². The smallest absolute Gasteiger partial charge is 0.265 e. The van der Waals surface area contributed by atoms with Crippen molar-refractivity contribution in [2.75, 3.05) is 5.32 Å². The summed E-state index contributed by atoms with van der Waals surface area (Å²) in [5, 5.41) is 5.58. The quantitative estimate of drug-likeness (QED) is 0.603. The van der Waals surface area contributed by atoms with E-state index >= 15 is 0 Å². The average molecular weight is 392 g/mol. The third-order valence-corrected chi connectivity index (χ3v) is 4.46. The first-order valence-corrected chi connectivity index (χ1v) is 9.53. The first kappa shape index (κ1) is 20.2. The number of ether oxygens (including phenoxy) is 1. The van der Waals surface area contributed by atoms with Crippen molar-refractivity contribution in [3.63, 3.8) is 0 Å². The average Bonchev–Trinajstić information content (AvgIpc) is 3.26. The van der Waals surface area contributed by atoms with Crippen LogP contribution in [0.2, 0.25) is 0 Å². The Bertz CT molecular complexity index is 967. The lowest BCUT2D eigenvalue weighted by atomic mass is 10.1. The second kappa shape index (κ2) is 9.59. The Balaban J connectivity index is 1.66. The van der Waals surface area contributed by atoms with Crippen molar-refractivity contribution in [1.82, 2.24) is 5.32 Å². The van der Waals surface area contributed by atoms with E-state index in [9.17, 15) is 9.59 Å². The summed E-state index contributed by atoms with van der Waals surface area (Å²) in [7, 11) is 0. The summed E-state index contributed by atoms with van der Waals surface area (Å²) >= 11 is 0. The number of amides is 2. The summed E-state index contributed by atoms with van der Waals surface area (Å²) < 4.78 is 11.1. The zero-order valence-corrected chi connectivity index (χ0v) is 16.5. The van der Waals surface area contributed by atoms with Crippen molar-refractivity contribution in [2.24, 2.45) is 0 Å². The molecule has 0 spiro atoms. The Kier molecular flexibility index (Phi) is 6.68. The zero-order valence-electron chi connectivity index (χ0n) is 16.5. The molecule has 3 aromatic rings. The molecule has 150 valence electrons. The van der Waals surface area contributed by atoms with Crippen LogP contribution in [0.25, 0.3) is 0 Å². The molecular formula is C23H24N2O4. The number of benzene rings is 2. The summed E-state index contributed by atoms with van der Waals surface area (Å²) in [4.78, 5) is 25.2. The summed E-state index contributed by atoms with van der Waals surface area (Å²) in [6.45, 7) is 3.98. The molecule has 0 saturated carbocycles. The lowest BCUT2D eigenvalue weighted by Gasteiger charge is -2.18. The second-order valence-electron chi connectivity index (χ2n) is 6.52. The third-order valence-electron chi connectivity index (χ3n) is 4.46. The van der Waals surface area contributed by atoms with Gasteiger partial charge in [-0.2, -0.15) is 0 Å². The third kappa shape index (κ3) is 5.25. The van der Waals surface area contributed by atoms with Gasteiger partial charge in [-0.15, -0.1) is 0 Å².